The Hall–Kier alpha value is -1.20. The summed E-state index contributed by atoms with van der Waals surface area (Å²) < 4.78 is 0. The van der Waals surface area contributed by atoms with Gasteiger partial charge in [-0.1, -0.05) is 13.8 Å². The van der Waals surface area contributed by atoms with Crippen LogP contribution in [0.4, 0.5) is 0 Å². The molecule has 6 nitrogen and oxygen atoms in total. The first-order valence-corrected chi connectivity index (χ1v) is 5.10. The number of hydroxylamine groups is 1. The molecule has 0 saturated carbocycles. The van der Waals surface area contributed by atoms with Gasteiger partial charge in [0.2, 0.25) is 0 Å². The number of hydrogen-bond acceptors (Lipinski definition) is 4. The zero-order valence-corrected chi connectivity index (χ0v) is 10.8. The number of carbonyl (C=O) groups excluding carboxylic acids is 1. The average molecular weight is 247 g/mol. The largest absolute Gasteiger partial charge is 0.480 e. The monoisotopic (exact) mass is 247 g/mol. The molecule has 6 heteroatoms. The van der Waals surface area contributed by atoms with Crippen molar-refractivity contribution in [1.29, 1.82) is 0 Å². The number of aliphatic carboxylic acids is 1. The third kappa shape index (κ3) is 6.86. The van der Waals surface area contributed by atoms with Gasteiger partial charge in [0, 0.05) is 5.57 Å². The first-order valence-electron chi connectivity index (χ1n) is 5.10. The van der Waals surface area contributed by atoms with Crippen LogP contribution in [-0.2, 0) is 14.4 Å². The smallest absolute Gasteiger partial charge is 0.328 e. The maximum absolute atomic E-state index is 11.0. The molecule has 0 heterocycles. The maximum atomic E-state index is 11.0. The summed E-state index contributed by atoms with van der Waals surface area (Å²) in [5, 5.41) is 8.98. The highest BCUT2D eigenvalue weighted by Gasteiger charge is 2.27. The standard InChI is InChI=1S/C11H19NO4.H2O/c1-7(2)8(6-13)9(10(14)15)12-16-11(3,4)5;/h7,9,12H,1-5H3,(H,14,15);1H2/t9-;/m0./s1. The van der Waals surface area contributed by atoms with E-state index in [-0.39, 0.29) is 17.0 Å². The van der Waals surface area contributed by atoms with E-state index < -0.39 is 17.6 Å². The highest BCUT2D eigenvalue weighted by Crippen LogP contribution is 2.13. The van der Waals surface area contributed by atoms with Crippen LogP contribution in [0.15, 0.2) is 5.57 Å². The summed E-state index contributed by atoms with van der Waals surface area (Å²) in [7, 11) is 0. The molecule has 0 aromatic rings. The molecule has 0 aliphatic rings. The number of hydrogen-bond donors (Lipinski definition) is 2. The molecule has 0 aliphatic heterocycles. The number of carboxylic acid groups (broad SMARTS) is 1. The summed E-state index contributed by atoms with van der Waals surface area (Å²) in [6.45, 7) is 8.79. The van der Waals surface area contributed by atoms with Crippen LogP contribution in [-0.4, -0.2) is 34.1 Å². The first-order chi connectivity index (χ1) is 7.19. The number of carboxylic acids is 1. The fraction of sp³-hybridized carbons (Fsp3) is 0.727. The van der Waals surface area contributed by atoms with Crippen LogP contribution in [0.3, 0.4) is 0 Å². The van der Waals surface area contributed by atoms with Gasteiger partial charge < -0.3 is 10.6 Å². The quantitative estimate of drug-likeness (QED) is 0.538. The highest BCUT2D eigenvalue weighted by atomic mass is 16.7. The van der Waals surface area contributed by atoms with Crippen LogP contribution in [0.5, 0.6) is 0 Å². The summed E-state index contributed by atoms with van der Waals surface area (Å²) >= 11 is 0. The van der Waals surface area contributed by atoms with Crippen molar-refractivity contribution in [3.05, 3.63) is 5.57 Å². The third-order valence-corrected chi connectivity index (χ3v) is 1.78. The van der Waals surface area contributed by atoms with E-state index >= 15 is 0 Å². The minimum Gasteiger partial charge on any atom is -0.480 e. The third-order valence-electron chi connectivity index (χ3n) is 1.78. The predicted octanol–water partition coefficient (Wildman–Crippen LogP) is 0.349. The normalized spacial score (nSPS) is 12.6. The summed E-state index contributed by atoms with van der Waals surface area (Å²) in [5.74, 6) is 0.307. The van der Waals surface area contributed by atoms with E-state index in [0.717, 1.165) is 0 Å². The molecule has 0 rings (SSSR count). The summed E-state index contributed by atoms with van der Waals surface area (Å²) in [6, 6.07) is -1.16. The lowest BCUT2D eigenvalue weighted by atomic mass is 9.98. The molecule has 0 aliphatic carbocycles. The SMILES string of the molecule is CC(C)C(=C=O)[C@H](NOC(C)(C)C)C(=O)O.O. The van der Waals surface area contributed by atoms with Crippen LogP contribution < -0.4 is 5.48 Å². The Kier molecular flexibility index (Phi) is 7.69. The Morgan fingerprint density at radius 1 is 1.35 bits per heavy atom. The fourth-order valence-corrected chi connectivity index (χ4v) is 0.993. The minimum absolute atomic E-state index is 0. The zero-order valence-electron chi connectivity index (χ0n) is 10.8. The van der Waals surface area contributed by atoms with Crippen molar-refractivity contribution < 1.29 is 25.0 Å². The molecule has 0 saturated heterocycles. The second-order valence-corrected chi connectivity index (χ2v) is 4.82. The molecule has 0 aromatic carbocycles. The topological polar surface area (TPSA) is 107 Å². The Labute approximate surface area is 101 Å². The molecule has 4 N–H and O–H groups in total. The zero-order chi connectivity index (χ0) is 12.9. The lowest BCUT2D eigenvalue weighted by Crippen LogP contribution is -2.43. The average Bonchev–Trinajstić information content (AvgIpc) is 2.08. The van der Waals surface area contributed by atoms with Crippen LogP contribution in [0.1, 0.15) is 34.6 Å². The van der Waals surface area contributed by atoms with Gasteiger partial charge in [0.1, 0.15) is 5.94 Å². The molecular formula is C11H21NO5. The van der Waals surface area contributed by atoms with Crippen molar-refractivity contribution in [2.24, 2.45) is 5.92 Å². The van der Waals surface area contributed by atoms with Crippen LogP contribution in [0.2, 0.25) is 0 Å². The molecule has 17 heavy (non-hydrogen) atoms. The molecule has 0 aromatic heterocycles. The van der Waals surface area contributed by atoms with Gasteiger partial charge in [-0.3, -0.25) is 9.63 Å². The molecule has 0 bridgehead atoms. The van der Waals surface area contributed by atoms with Gasteiger partial charge in [0.05, 0.1) is 5.60 Å². The van der Waals surface area contributed by atoms with E-state index in [1.807, 2.05) is 0 Å². The highest BCUT2D eigenvalue weighted by molar-refractivity contribution is 5.81. The molecule has 0 unspecified atom stereocenters. The van der Waals surface area contributed by atoms with Crippen molar-refractivity contribution in [2.45, 2.75) is 46.3 Å². The molecule has 0 spiro atoms. The van der Waals surface area contributed by atoms with E-state index in [1.54, 1.807) is 40.6 Å². The summed E-state index contributed by atoms with van der Waals surface area (Å²) in [4.78, 5) is 26.8. The molecule has 1 atom stereocenters. The van der Waals surface area contributed by atoms with E-state index in [9.17, 15) is 9.59 Å². The van der Waals surface area contributed by atoms with Crippen molar-refractivity contribution in [1.82, 2.24) is 5.48 Å². The van der Waals surface area contributed by atoms with E-state index in [1.165, 1.54) is 0 Å². The molecule has 0 radical (unpaired) electrons. The number of carbonyl (C=O) groups is 1. The van der Waals surface area contributed by atoms with Gasteiger partial charge in [-0.25, -0.2) is 4.79 Å². The predicted molar refractivity (Wildman–Crippen MR) is 63.1 cm³/mol. The Bertz CT molecular complexity index is 299. The summed E-state index contributed by atoms with van der Waals surface area (Å²) in [5.41, 5.74) is 2.00. The van der Waals surface area contributed by atoms with Crippen molar-refractivity contribution in [2.75, 3.05) is 0 Å². The van der Waals surface area contributed by atoms with E-state index in [0.29, 0.717) is 0 Å². The second kappa shape index (κ2) is 7.19. The maximum Gasteiger partial charge on any atom is 0.328 e. The van der Waals surface area contributed by atoms with Gasteiger partial charge in [-0.05, 0) is 26.7 Å². The Balaban J connectivity index is 0. The lowest BCUT2D eigenvalue weighted by Gasteiger charge is -2.24. The van der Waals surface area contributed by atoms with Gasteiger partial charge in [-0.15, -0.1) is 0 Å². The molecule has 0 amide bonds. The van der Waals surface area contributed by atoms with Gasteiger partial charge in [0.25, 0.3) is 0 Å². The van der Waals surface area contributed by atoms with E-state index in [2.05, 4.69) is 5.48 Å². The van der Waals surface area contributed by atoms with Crippen molar-refractivity contribution in [3.8, 4) is 0 Å². The van der Waals surface area contributed by atoms with Gasteiger partial charge in [0.15, 0.2) is 6.04 Å². The second-order valence-electron chi connectivity index (χ2n) is 4.82. The molecule has 100 valence electrons. The Morgan fingerprint density at radius 2 is 1.82 bits per heavy atom. The van der Waals surface area contributed by atoms with Gasteiger partial charge >= 0.3 is 5.97 Å². The molecule has 0 fully saturated rings. The Morgan fingerprint density at radius 3 is 2.06 bits per heavy atom. The molecular weight excluding hydrogens is 226 g/mol. The van der Waals surface area contributed by atoms with Crippen molar-refractivity contribution >= 4 is 11.9 Å². The van der Waals surface area contributed by atoms with Crippen LogP contribution in [0, 0.1) is 5.92 Å². The number of rotatable bonds is 5. The van der Waals surface area contributed by atoms with E-state index in [4.69, 9.17) is 9.94 Å². The fourth-order valence-electron chi connectivity index (χ4n) is 0.993. The van der Waals surface area contributed by atoms with Crippen molar-refractivity contribution in [3.63, 3.8) is 0 Å². The summed E-state index contributed by atoms with van der Waals surface area (Å²) in [6.07, 6.45) is 0. The van der Waals surface area contributed by atoms with Crippen LogP contribution in [0.25, 0.3) is 0 Å². The van der Waals surface area contributed by atoms with Crippen LogP contribution >= 0.6 is 0 Å². The number of nitrogens with one attached hydrogen (secondary N) is 1. The minimum atomic E-state index is -1.16. The lowest BCUT2D eigenvalue weighted by molar-refractivity contribution is -0.148. The van der Waals surface area contributed by atoms with Gasteiger partial charge in [-0.2, -0.15) is 5.48 Å². The first kappa shape index (κ1) is 18.2.